The molecular weight excluding hydrogens is 228 g/mol. The SMILES string of the molecule is Cc1nn(C(C)C)c(C)c1NC(=O)[C@@H](N)C(C)C. The number of nitrogens with one attached hydrogen (secondary N) is 1. The quantitative estimate of drug-likeness (QED) is 0.860. The monoisotopic (exact) mass is 252 g/mol. The summed E-state index contributed by atoms with van der Waals surface area (Å²) in [7, 11) is 0. The minimum Gasteiger partial charge on any atom is -0.322 e. The van der Waals surface area contributed by atoms with Gasteiger partial charge in [-0.25, -0.2) is 0 Å². The summed E-state index contributed by atoms with van der Waals surface area (Å²) in [4.78, 5) is 12.0. The molecule has 1 amide bonds. The molecule has 0 saturated carbocycles. The standard InChI is InChI=1S/C13H24N4O/c1-7(2)11(14)13(18)15-12-9(5)16-17(8(3)4)10(12)6/h7-8,11H,14H2,1-6H3,(H,15,18)/t11-/m0/s1. The van der Waals surface area contributed by atoms with Crippen LogP contribution in [0, 0.1) is 19.8 Å². The maximum atomic E-state index is 12.0. The van der Waals surface area contributed by atoms with E-state index in [2.05, 4.69) is 24.3 Å². The molecule has 0 aromatic carbocycles. The lowest BCUT2D eigenvalue weighted by Crippen LogP contribution is -2.40. The van der Waals surface area contributed by atoms with Gasteiger partial charge in [-0.05, 0) is 33.6 Å². The molecular formula is C13H24N4O. The molecule has 5 heteroatoms. The lowest BCUT2D eigenvalue weighted by molar-refractivity contribution is -0.118. The van der Waals surface area contributed by atoms with Gasteiger partial charge in [-0.1, -0.05) is 13.8 Å². The zero-order chi connectivity index (χ0) is 14.0. The number of hydrogen-bond acceptors (Lipinski definition) is 3. The molecule has 0 aliphatic heterocycles. The number of carbonyl (C=O) groups is 1. The Morgan fingerprint density at radius 2 is 1.83 bits per heavy atom. The highest BCUT2D eigenvalue weighted by Crippen LogP contribution is 2.22. The molecule has 0 radical (unpaired) electrons. The largest absolute Gasteiger partial charge is 0.322 e. The summed E-state index contributed by atoms with van der Waals surface area (Å²) in [5.41, 5.74) is 8.41. The van der Waals surface area contributed by atoms with Crippen LogP contribution in [0.15, 0.2) is 0 Å². The number of anilines is 1. The lowest BCUT2D eigenvalue weighted by atomic mass is 10.0. The molecule has 0 fully saturated rings. The number of aromatic nitrogens is 2. The number of carbonyl (C=O) groups excluding carboxylic acids is 1. The topological polar surface area (TPSA) is 72.9 Å². The van der Waals surface area contributed by atoms with Crippen LogP contribution < -0.4 is 11.1 Å². The van der Waals surface area contributed by atoms with E-state index < -0.39 is 6.04 Å². The summed E-state index contributed by atoms with van der Waals surface area (Å²) >= 11 is 0. The average molecular weight is 252 g/mol. The normalized spacial score (nSPS) is 13.2. The summed E-state index contributed by atoms with van der Waals surface area (Å²) in [6.07, 6.45) is 0. The molecule has 0 aliphatic carbocycles. The third-order valence-corrected chi connectivity index (χ3v) is 3.08. The first-order valence-electron chi connectivity index (χ1n) is 6.37. The fraction of sp³-hybridized carbons (Fsp3) is 0.692. The van der Waals surface area contributed by atoms with Crippen molar-refractivity contribution in [3.8, 4) is 0 Å². The maximum absolute atomic E-state index is 12.0. The second kappa shape index (κ2) is 5.52. The van der Waals surface area contributed by atoms with Crippen molar-refractivity contribution in [2.75, 3.05) is 5.32 Å². The zero-order valence-corrected chi connectivity index (χ0v) is 12.1. The van der Waals surface area contributed by atoms with E-state index in [9.17, 15) is 4.79 Å². The minimum absolute atomic E-state index is 0.116. The molecule has 1 aromatic rings. The van der Waals surface area contributed by atoms with Crippen LogP contribution in [-0.2, 0) is 4.79 Å². The molecule has 3 N–H and O–H groups in total. The number of nitrogens with zero attached hydrogens (tertiary/aromatic N) is 2. The van der Waals surface area contributed by atoms with Crippen molar-refractivity contribution in [3.05, 3.63) is 11.4 Å². The van der Waals surface area contributed by atoms with Crippen LogP contribution in [0.3, 0.4) is 0 Å². The molecule has 1 atom stereocenters. The Morgan fingerprint density at radius 3 is 2.22 bits per heavy atom. The first-order valence-corrected chi connectivity index (χ1v) is 6.37. The summed E-state index contributed by atoms with van der Waals surface area (Å²) in [6.45, 7) is 11.8. The highest BCUT2D eigenvalue weighted by molar-refractivity contribution is 5.95. The number of nitrogens with two attached hydrogens (primary N) is 1. The van der Waals surface area contributed by atoms with Gasteiger partial charge in [0.1, 0.15) is 0 Å². The number of amides is 1. The van der Waals surface area contributed by atoms with E-state index in [4.69, 9.17) is 5.73 Å². The summed E-state index contributed by atoms with van der Waals surface area (Å²) in [5.74, 6) is -0.0368. The minimum atomic E-state index is -0.494. The van der Waals surface area contributed by atoms with E-state index in [0.717, 1.165) is 17.1 Å². The second-order valence-corrected chi connectivity index (χ2v) is 5.34. The Hall–Kier alpha value is -1.36. The molecule has 1 heterocycles. The number of rotatable bonds is 4. The van der Waals surface area contributed by atoms with Gasteiger partial charge in [0.15, 0.2) is 0 Å². The summed E-state index contributed by atoms with van der Waals surface area (Å²) < 4.78 is 1.91. The third kappa shape index (κ3) is 2.90. The van der Waals surface area contributed by atoms with Gasteiger partial charge >= 0.3 is 0 Å². The van der Waals surface area contributed by atoms with Gasteiger partial charge < -0.3 is 11.1 Å². The Labute approximate surface area is 109 Å². The van der Waals surface area contributed by atoms with Crippen molar-refractivity contribution < 1.29 is 4.79 Å². The Kier molecular flexibility index (Phi) is 4.51. The van der Waals surface area contributed by atoms with Crippen LogP contribution in [0.1, 0.15) is 45.1 Å². The van der Waals surface area contributed by atoms with Crippen LogP contribution in [0.25, 0.3) is 0 Å². The molecule has 1 aromatic heterocycles. The van der Waals surface area contributed by atoms with E-state index in [1.807, 2.05) is 32.4 Å². The second-order valence-electron chi connectivity index (χ2n) is 5.34. The van der Waals surface area contributed by atoms with Crippen molar-refractivity contribution in [2.24, 2.45) is 11.7 Å². The van der Waals surface area contributed by atoms with Crippen molar-refractivity contribution in [2.45, 2.75) is 53.6 Å². The molecule has 0 bridgehead atoms. The highest BCUT2D eigenvalue weighted by Gasteiger charge is 2.21. The molecule has 0 spiro atoms. The average Bonchev–Trinajstić information content (AvgIpc) is 2.55. The van der Waals surface area contributed by atoms with Gasteiger partial charge in [0.2, 0.25) is 5.91 Å². The van der Waals surface area contributed by atoms with Gasteiger partial charge in [-0.3, -0.25) is 9.48 Å². The number of hydrogen-bond donors (Lipinski definition) is 2. The van der Waals surface area contributed by atoms with Gasteiger partial charge in [0.05, 0.1) is 23.1 Å². The third-order valence-electron chi connectivity index (χ3n) is 3.08. The van der Waals surface area contributed by atoms with Gasteiger partial charge in [-0.2, -0.15) is 5.10 Å². The first-order chi connectivity index (χ1) is 8.25. The van der Waals surface area contributed by atoms with Crippen molar-refractivity contribution in [1.82, 2.24) is 9.78 Å². The smallest absolute Gasteiger partial charge is 0.241 e. The zero-order valence-electron chi connectivity index (χ0n) is 12.1. The van der Waals surface area contributed by atoms with Crippen LogP contribution in [0.4, 0.5) is 5.69 Å². The molecule has 18 heavy (non-hydrogen) atoms. The van der Waals surface area contributed by atoms with Gasteiger partial charge in [0.25, 0.3) is 0 Å². The van der Waals surface area contributed by atoms with E-state index in [-0.39, 0.29) is 17.9 Å². The molecule has 102 valence electrons. The molecule has 1 rings (SSSR count). The predicted molar refractivity (Wildman–Crippen MR) is 73.5 cm³/mol. The van der Waals surface area contributed by atoms with Crippen molar-refractivity contribution in [3.63, 3.8) is 0 Å². The maximum Gasteiger partial charge on any atom is 0.241 e. The van der Waals surface area contributed by atoms with Crippen LogP contribution in [0.2, 0.25) is 0 Å². The van der Waals surface area contributed by atoms with E-state index in [1.54, 1.807) is 0 Å². The summed E-state index contributed by atoms with van der Waals surface area (Å²) in [6, 6.07) is -0.223. The van der Waals surface area contributed by atoms with Crippen LogP contribution in [-0.4, -0.2) is 21.7 Å². The lowest BCUT2D eigenvalue weighted by Gasteiger charge is -2.15. The molecule has 0 aliphatic rings. The van der Waals surface area contributed by atoms with E-state index >= 15 is 0 Å². The van der Waals surface area contributed by atoms with Gasteiger partial charge in [0, 0.05) is 6.04 Å². The fourth-order valence-electron chi connectivity index (χ4n) is 1.86. The van der Waals surface area contributed by atoms with Crippen LogP contribution >= 0.6 is 0 Å². The summed E-state index contributed by atoms with van der Waals surface area (Å²) in [5, 5.41) is 7.32. The van der Waals surface area contributed by atoms with E-state index in [1.165, 1.54) is 0 Å². The Bertz CT molecular complexity index is 434. The predicted octanol–water partition coefficient (Wildman–Crippen LogP) is 2.00. The molecule has 5 nitrogen and oxygen atoms in total. The molecule has 0 unspecified atom stereocenters. The number of aryl methyl sites for hydroxylation is 1. The Balaban J connectivity index is 2.95. The van der Waals surface area contributed by atoms with Gasteiger partial charge in [-0.15, -0.1) is 0 Å². The Morgan fingerprint density at radius 1 is 1.28 bits per heavy atom. The molecule has 0 saturated heterocycles. The fourth-order valence-corrected chi connectivity index (χ4v) is 1.86. The van der Waals surface area contributed by atoms with Crippen molar-refractivity contribution >= 4 is 11.6 Å². The highest BCUT2D eigenvalue weighted by atomic mass is 16.2. The van der Waals surface area contributed by atoms with Crippen LogP contribution in [0.5, 0.6) is 0 Å². The van der Waals surface area contributed by atoms with E-state index in [0.29, 0.717) is 0 Å². The van der Waals surface area contributed by atoms with Crippen molar-refractivity contribution in [1.29, 1.82) is 0 Å². The first kappa shape index (κ1) is 14.7.